The van der Waals surface area contributed by atoms with Gasteiger partial charge in [0.15, 0.2) is 23.0 Å². The Kier molecular flexibility index (Phi) is 7.47. The molecule has 210 valence electrons. The average molecular weight is 549 g/mol. The highest BCUT2D eigenvalue weighted by Crippen LogP contribution is 2.56. The van der Waals surface area contributed by atoms with Crippen LogP contribution in [-0.2, 0) is 14.3 Å². The predicted molar refractivity (Wildman–Crippen MR) is 145 cm³/mol. The van der Waals surface area contributed by atoms with Crippen LogP contribution in [0.5, 0.6) is 28.7 Å². The maximum absolute atomic E-state index is 13.3. The van der Waals surface area contributed by atoms with Crippen molar-refractivity contribution in [3.8, 4) is 28.7 Å². The Labute approximate surface area is 232 Å². The van der Waals surface area contributed by atoms with Crippen molar-refractivity contribution in [2.45, 2.75) is 18.9 Å². The van der Waals surface area contributed by atoms with Crippen LogP contribution >= 0.6 is 0 Å². The van der Waals surface area contributed by atoms with Crippen molar-refractivity contribution >= 4 is 11.9 Å². The van der Waals surface area contributed by atoms with Gasteiger partial charge in [-0.1, -0.05) is 17.7 Å². The van der Waals surface area contributed by atoms with Crippen molar-refractivity contribution in [1.82, 2.24) is 0 Å². The number of hydrogen-bond donors (Lipinski definition) is 0. The summed E-state index contributed by atoms with van der Waals surface area (Å²) in [5.74, 6) is -0.150. The van der Waals surface area contributed by atoms with Crippen LogP contribution in [0, 0.1) is 18.8 Å². The third kappa shape index (κ3) is 4.55. The van der Waals surface area contributed by atoms with Crippen molar-refractivity contribution in [1.29, 1.82) is 0 Å². The second-order valence-electron chi connectivity index (χ2n) is 9.78. The summed E-state index contributed by atoms with van der Waals surface area (Å²) in [5.41, 5.74) is 3.64. The molecular weight excluding hydrogens is 516 g/mol. The van der Waals surface area contributed by atoms with Crippen LogP contribution in [0.1, 0.15) is 44.6 Å². The van der Waals surface area contributed by atoms with Gasteiger partial charge in [0.1, 0.15) is 6.10 Å². The van der Waals surface area contributed by atoms with E-state index in [-0.39, 0.29) is 12.6 Å². The number of carbonyl (C=O) groups excluding carboxylic acids is 2. The number of hydrogen-bond acceptors (Lipinski definition) is 9. The number of ether oxygens (including phenoxy) is 7. The number of aryl methyl sites for hydroxylation is 1. The largest absolute Gasteiger partial charge is 0.493 e. The summed E-state index contributed by atoms with van der Waals surface area (Å²) in [6, 6.07) is 14.4. The highest BCUT2D eigenvalue weighted by Gasteiger charge is 2.54. The molecule has 1 saturated heterocycles. The number of cyclic esters (lactones) is 1. The number of carbonyl (C=O) groups is 2. The molecule has 4 atom stereocenters. The SMILES string of the molecule is COc1cc2c(cc1OC)[C@H](OC(=O)c1ccc(C)cc1)[C@H]1COC(=O)[C@@H]1[C@@H]2c1cc(OC)c(OC)c(OC)c1. The standard InChI is InChI=1S/C31H32O9/c1-16-7-9-17(10-8-16)30(32)40-28-20-14-23(35-3)22(34-2)13-19(20)26(27-21(28)15-39-31(27)33)18-11-24(36-4)29(38-6)25(12-18)37-5/h7-14,21,26-28H,15H2,1-6H3/t21-,26+,27-,28-/m0/s1. The number of rotatable bonds is 8. The maximum Gasteiger partial charge on any atom is 0.338 e. The van der Waals surface area contributed by atoms with E-state index >= 15 is 0 Å². The van der Waals surface area contributed by atoms with Crippen LogP contribution in [0.25, 0.3) is 0 Å². The van der Waals surface area contributed by atoms with E-state index < -0.39 is 29.8 Å². The molecule has 2 aliphatic rings. The Morgan fingerprint density at radius 2 is 1.35 bits per heavy atom. The van der Waals surface area contributed by atoms with Crippen molar-refractivity contribution < 1.29 is 42.7 Å². The topological polar surface area (TPSA) is 98.8 Å². The van der Waals surface area contributed by atoms with Gasteiger partial charge in [0, 0.05) is 17.4 Å². The average Bonchev–Trinajstić information content (AvgIpc) is 3.36. The van der Waals surface area contributed by atoms with Crippen molar-refractivity contribution in [2.24, 2.45) is 11.8 Å². The molecule has 40 heavy (non-hydrogen) atoms. The lowest BCUT2D eigenvalue weighted by molar-refractivity contribution is -0.141. The van der Waals surface area contributed by atoms with Crippen molar-refractivity contribution in [3.05, 3.63) is 76.3 Å². The van der Waals surface area contributed by atoms with Gasteiger partial charge in [-0.2, -0.15) is 0 Å². The van der Waals surface area contributed by atoms with Crippen molar-refractivity contribution in [3.63, 3.8) is 0 Å². The van der Waals surface area contributed by atoms with E-state index in [0.717, 1.165) is 16.7 Å². The van der Waals surface area contributed by atoms with Gasteiger partial charge in [-0.25, -0.2) is 4.79 Å². The first-order valence-electron chi connectivity index (χ1n) is 12.8. The summed E-state index contributed by atoms with van der Waals surface area (Å²) in [7, 11) is 7.70. The second kappa shape index (κ2) is 11.0. The fraction of sp³-hybridized carbons (Fsp3) is 0.355. The third-order valence-electron chi connectivity index (χ3n) is 7.70. The van der Waals surface area contributed by atoms with Gasteiger partial charge in [0.25, 0.3) is 0 Å². The second-order valence-corrected chi connectivity index (χ2v) is 9.78. The molecule has 3 aromatic carbocycles. The van der Waals surface area contributed by atoms with Crippen LogP contribution in [0.4, 0.5) is 0 Å². The van der Waals surface area contributed by atoms with Crippen LogP contribution in [-0.4, -0.2) is 54.1 Å². The molecule has 5 rings (SSSR count). The molecule has 1 fully saturated rings. The van der Waals surface area contributed by atoms with Gasteiger partial charge in [-0.15, -0.1) is 0 Å². The Morgan fingerprint density at radius 3 is 1.90 bits per heavy atom. The minimum atomic E-state index is -0.765. The molecule has 9 heteroatoms. The first-order chi connectivity index (χ1) is 19.3. The molecule has 9 nitrogen and oxygen atoms in total. The lowest BCUT2D eigenvalue weighted by Crippen LogP contribution is -2.36. The number of methoxy groups -OCH3 is 5. The Balaban J connectivity index is 1.70. The number of esters is 2. The third-order valence-corrected chi connectivity index (χ3v) is 7.70. The van der Waals surface area contributed by atoms with E-state index in [0.29, 0.717) is 39.9 Å². The van der Waals surface area contributed by atoms with Crippen molar-refractivity contribution in [2.75, 3.05) is 42.2 Å². The first kappa shape index (κ1) is 27.2. The molecule has 1 aliphatic heterocycles. The van der Waals surface area contributed by atoms with Gasteiger partial charge >= 0.3 is 11.9 Å². The first-order valence-corrected chi connectivity index (χ1v) is 12.8. The summed E-state index contributed by atoms with van der Waals surface area (Å²) in [6.07, 6.45) is -0.765. The lowest BCUT2D eigenvalue weighted by atomic mass is 9.66. The van der Waals surface area contributed by atoms with E-state index in [1.165, 1.54) is 21.3 Å². The molecule has 0 aromatic heterocycles. The molecule has 0 amide bonds. The summed E-state index contributed by atoms with van der Waals surface area (Å²) < 4.78 is 39.7. The molecular formula is C31H32O9. The monoisotopic (exact) mass is 548 g/mol. The molecule has 0 radical (unpaired) electrons. The predicted octanol–water partition coefficient (Wildman–Crippen LogP) is 4.87. The zero-order valence-corrected chi connectivity index (χ0v) is 23.3. The minimum Gasteiger partial charge on any atom is -0.493 e. The van der Waals surface area contributed by atoms with Gasteiger partial charge in [0.2, 0.25) is 5.75 Å². The minimum absolute atomic E-state index is 0.101. The van der Waals surface area contributed by atoms with Crippen LogP contribution < -0.4 is 23.7 Å². The van der Waals surface area contributed by atoms with E-state index in [9.17, 15) is 9.59 Å². The van der Waals surface area contributed by atoms with Crippen LogP contribution in [0.3, 0.4) is 0 Å². The summed E-state index contributed by atoms with van der Waals surface area (Å²) in [6.45, 7) is 2.05. The Morgan fingerprint density at radius 1 is 0.775 bits per heavy atom. The normalized spacial score (nSPS) is 21.0. The Bertz CT molecular complexity index is 1400. The Hall–Kier alpha value is -4.40. The quantitative estimate of drug-likeness (QED) is 0.365. The van der Waals surface area contributed by atoms with E-state index in [1.54, 1.807) is 26.4 Å². The zero-order chi connectivity index (χ0) is 28.6. The van der Waals surface area contributed by atoms with Crippen LogP contribution in [0.15, 0.2) is 48.5 Å². The van der Waals surface area contributed by atoms with E-state index in [4.69, 9.17) is 33.2 Å². The zero-order valence-electron chi connectivity index (χ0n) is 23.3. The molecule has 0 N–H and O–H groups in total. The fourth-order valence-electron chi connectivity index (χ4n) is 5.75. The summed E-state index contributed by atoms with van der Waals surface area (Å²) in [4.78, 5) is 26.7. The van der Waals surface area contributed by atoms with E-state index in [1.807, 2.05) is 43.3 Å². The van der Waals surface area contributed by atoms with Gasteiger partial charge in [0.05, 0.1) is 53.6 Å². The van der Waals surface area contributed by atoms with Crippen LogP contribution in [0.2, 0.25) is 0 Å². The molecule has 0 unspecified atom stereocenters. The molecule has 0 saturated carbocycles. The highest BCUT2D eigenvalue weighted by molar-refractivity contribution is 5.90. The summed E-state index contributed by atoms with van der Waals surface area (Å²) >= 11 is 0. The molecule has 1 heterocycles. The van der Waals surface area contributed by atoms with Gasteiger partial charge in [-0.3, -0.25) is 4.79 Å². The number of benzene rings is 3. The fourth-order valence-corrected chi connectivity index (χ4v) is 5.75. The van der Waals surface area contributed by atoms with Gasteiger partial charge < -0.3 is 33.2 Å². The highest BCUT2D eigenvalue weighted by atomic mass is 16.6. The lowest BCUT2D eigenvalue weighted by Gasteiger charge is -2.39. The molecule has 0 spiro atoms. The van der Waals surface area contributed by atoms with E-state index in [2.05, 4.69) is 0 Å². The maximum atomic E-state index is 13.3. The smallest absolute Gasteiger partial charge is 0.338 e. The molecule has 1 aliphatic carbocycles. The van der Waals surface area contributed by atoms with Gasteiger partial charge in [-0.05, 0) is 54.4 Å². The molecule has 3 aromatic rings. The number of fused-ring (bicyclic) bond motifs is 2. The summed E-state index contributed by atoms with van der Waals surface area (Å²) in [5, 5.41) is 0. The molecule has 0 bridgehead atoms.